The lowest BCUT2D eigenvalue weighted by Crippen LogP contribution is -2.53. The fourth-order valence-electron chi connectivity index (χ4n) is 9.58. The third-order valence-electron chi connectivity index (χ3n) is 12.0. The second kappa shape index (κ2) is 13.7. The van der Waals surface area contributed by atoms with Crippen molar-refractivity contribution in [2.24, 2.45) is 23.7 Å². The number of nitrogens with one attached hydrogen (secondary N) is 1. The number of hydrogen-bond acceptors (Lipinski definition) is 6. The Kier molecular flexibility index (Phi) is 9.16. The number of carbonyl (C=O) groups excluding carboxylic acids is 4. The summed E-state index contributed by atoms with van der Waals surface area (Å²) < 4.78 is 83.7. The van der Waals surface area contributed by atoms with Crippen LogP contribution in [0.1, 0.15) is 52.1 Å². The number of amides is 4. The molecule has 0 aromatic heterocycles. The first-order valence-electron chi connectivity index (χ1n) is 18.5. The summed E-state index contributed by atoms with van der Waals surface area (Å²) in [6.45, 7) is 5.65. The van der Waals surface area contributed by atoms with E-state index in [2.05, 4.69) is 12.0 Å². The number of rotatable bonds is 7. The van der Waals surface area contributed by atoms with Crippen LogP contribution >= 0.6 is 0 Å². The highest BCUT2D eigenvalue weighted by atomic mass is 19.4. The molecule has 8 rings (SSSR count). The van der Waals surface area contributed by atoms with E-state index in [4.69, 9.17) is 0 Å². The van der Waals surface area contributed by atoms with E-state index in [0.717, 1.165) is 10.6 Å². The van der Waals surface area contributed by atoms with Crippen molar-refractivity contribution in [3.8, 4) is 5.75 Å². The van der Waals surface area contributed by atoms with Crippen LogP contribution in [-0.2, 0) is 43.4 Å². The topological polar surface area (TPSA) is 107 Å². The molecule has 2 aliphatic carbocycles. The van der Waals surface area contributed by atoms with E-state index < -0.39 is 87.8 Å². The number of allylic oxidation sites excluding steroid dienone is 3. The van der Waals surface area contributed by atoms with Crippen molar-refractivity contribution < 1.29 is 50.6 Å². The second-order valence-electron chi connectivity index (χ2n) is 15.2. The van der Waals surface area contributed by atoms with Crippen LogP contribution in [0.2, 0.25) is 0 Å². The Morgan fingerprint density at radius 2 is 1.48 bits per heavy atom. The van der Waals surface area contributed by atoms with Gasteiger partial charge in [0.25, 0.3) is 11.8 Å². The number of aromatic hydroxyl groups is 1. The van der Waals surface area contributed by atoms with E-state index in [1.165, 1.54) is 0 Å². The van der Waals surface area contributed by atoms with Gasteiger partial charge >= 0.3 is 12.4 Å². The first kappa shape index (κ1) is 38.7. The number of hydrazine groups is 1. The number of phenolic OH excluding ortho intramolecular Hbond substituents is 1. The zero-order valence-corrected chi connectivity index (χ0v) is 30.8. The minimum absolute atomic E-state index is 0.0811. The number of para-hydroxylation sites is 1. The summed E-state index contributed by atoms with van der Waals surface area (Å²) in [6, 6.07) is 21.1. The number of halogens is 6. The van der Waals surface area contributed by atoms with Crippen LogP contribution in [0, 0.1) is 30.6 Å². The van der Waals surface area contributed by atoms with Crippen LogP contribution in [0.4, 0.5) is 37.7 Å². The van der Waals surface area contributed by atoms with Crippen molar-refractivity contribution >= 4 is 35.0 Å². The molecule has 0 spiro atoms. The van der Waals surface area contributed by atoms with E-state index >= 15 is 4.79 Å². The third-order valence-corrected chi connectivity index (χ3v) is 12.0. The average Bonchev–Trinajstić information content (AvgIpc) is 3.57. The maximum Gasteiger partial charge on any atom is 0.416 e. The fourth-order valence-corrected chi connectivity index (χ4v) is 9.58. The molecule has 14 heteroatoms. The van der Waals surface area contributed by atoms with Crippen molar-refractivity contribution in [2.75, 3.05) is 10.3 Å². The molecule has 0 radical (unpaired) electrons. The monoisotopic (exact) mass is 799 g/mol. The minimum Gasteiger partial charge on any atom is -0.507 e. The standard InChI is InChI=1S/C44H35F6N3O5/c1-3-8-24-9-7-12-32(37(24)54)36-30-17-18-31-35(40(57)52(38(31)55)29-20-26(43(45,46)47)19-27(21-29)44(48,49)50)33(30)22-34-39(56)53(51-28-15-13-23(2)14-16-28)41(58)42(34,36)25-10-5-4-6-11-25/h3-7,9-17,19-21,31,33-36,51,54H,1,8,18,22H2,2H3. The molecule has 2 saturated heterocycles. The molecular weight excluding hydrogens is 764 g/mol. The van der Waals surface area contributed by atoms with Crippen LogP contribution in [0.5, 0.6) is 5.75 Å². The Morgan fingerprint density at radius 1 is 0.828 bits per heavy atom. The zero-order chi connectivity index (χ0) is 41.5. The lowest BCUT2D eigenvalue weighted by molar-refractivity contribution is -0.143. The van der Waals surface area contributed by atoms with Crippen LogP contribution in [-0.4, -0.2) is 33.7 Å². The molecule has 58 heavy (non-hydrogen) atoms. The number of hydrogen-bond donors (Lipinski definition) is 2. The summed E-state index contributed by atoms with van der Waals surface area (Å²) in [5, 5.41) is 12.9. The van der Waals surface area contributed by atoms with Gasteiger partial charge in [0.05, 0.1) is 45.7 Å². The first-order valence-corrected chi connectivity index (χ1v) is 18.5. The molecule has 4 aromatic carbocycles. The number of aryl methyl sites for hydroxylation is 1. The summed E-state index contributed by atoms with van der Waals surface area (Å²) in [7, 11) is 0. The molecule has 8 nitrogen and oxygen atoms in total. The Morgan fingerprint density at radius 3 is 2.10 bits per heavy atom. The summed E-state index contributed by atoms with van der Waals surface area (Å²) in [6.07, 6.45) is -7.34. The largest absolute Gasteiger partial charge is 0.507 e. The molecule has 2 N–H and O–H groups in total. The van der Waals surface area contributed by atoms with E-state index in [9.17, 15) is 45.8 Å². The van der Waals surface area contributed by atoms with Crippen molar-refractivity contribution in [1.82, 2.24) is 5.01 Å². The Bertz CT molecular complexity index is 2380. The van der Waals surface area contributed by atoms with Gasteiger partial charge in [-0.25, -0.2) is 4.90 Å². The molecular formula is C44H35F6N3O5. The van der Waals surface area contributed by atoms with Gasteiger partial charge in [0.1, 0.15) is 5.75 Å². The molecule has 3 fully saturated rings. The molecule has 4 aliphatic rings. The van der Waals surface area contributed by atoms with Gasteiger partial charge < -0.3 is 5.11 Å². The number of anilines is 2. The Balaban J connectivity index is 1.32. The van der Waals surface area contributed by atoms with Gasteiger partial charge in [0.15, 0.2) is 0 Å². The molecule has 4 amide bonds. The third kappa shape index (κ3) is 5.90. The number of carbonyl (C=O) groups is 4. The van der Waals surface area contributed by atoms with Gasteiger partial charge in [-0.1, -0.05) is 84.0 Å². The van der Waals surface area contributed by atoms with Gasteiger partial charge in [-0.15, -0.1) is 6.58 Å². The highest BCUT2D eigenvalue weighted by molar-refractivity contribution is 6.22. The molecule has 0 bridgehead atoms. The number of nitrogens with zero attached hydrogens (tertiary/aromatic N) is 2. The summed E-state index contributed by atoms with van der Waals surface area (Å²) in [4.78, 5) is 59.3. The molecule has 2 heterocycles. The van der Waals surface area contributed by atoms with Crippen molar-refractivity contribution in [3.05, 3.63) is 149 Å². The maximum atomic E-state index is 15.3. The SMILES string of the molecule is C=CCc1cccc(C2C3=CCC4C(=O)N(c5cc(C(F)(F)F)cc(C(F)(F)F)c5)C(=O)C4C3CC3C(=O)N(Nc4ccc(C)cc4)C(=O)C32c2ccccc2)c1O. The predicted octanol–water partition coefficient (Wildman–Crippen LogP) is 8.66. The Hall–Kier alpha value is -6.18. The van der Waals surface area contributed by atoms with Gasteiger partial charge in [0, 0.05) is 11.5 Å². The van der Waals surface area contributed by atoms with Crippen LogP contribution in [0.15, 0.2) is 115 Å². The lowest BCUT2D eigenvalue weighted by atomic mass is 9.49. The van der Waals surface area contributed by atoms with Crippen LogP contribution < -0.4 is 10.3 Å². The number of imide groups is 2. The number of fused-ring (bicyclic) bond motifs is 4. The van der Waals surface area contributed by atoms with Crippen molar-refractivity contribution in [3.63, 3.8) is 0 Å². The second-order valence-corrected chi connectivity index (χ2v) is 15.2. The molecule has 6 unspecified atom stereocenters. The number of alkyl halides is 6. The highest BCUT2D eigenvalue weighted by Gasteiger charge is 2.70. The normalized spacial score (nSPS) is 25.6. The van der Waals surface area contributed by atoms with Gasteiger partial charge in [-0.2, -0.15) is 31.4 Å². The highest BCUT2D eigenvalue weighted by Crippen LogP contribution is 2.65. The number of phenols is 1. The summed E-state index contributed by atoms with van der Waals surface area (Å²) in [5.74, 6) is -9.40. The van der Waals surface area contributed by atoms with E-state index in [1.54, 1.807) is 84.9 Å². The van der Waals surface area contributed by atoms with Crippen LogP contribution in [0.25, 0.3) is 0 Å². The molecule has 2 aliphatic heterocycles. The molecule has 4 aromatic rings. The van der Waals surface area contributed by atoms with Crippen LogP contribution in [0.3, 0.4) is 0 Å². The zero-order valence-electron chi connectivity index (χ0n) is 30.8. The van der Waals surface area contributed by atoms with E-state index in [-0.39, 0.29) is 36.6 Å². The minimum atomic E-state index is -5.24. The predicted molar refractivity (Wildman–Crippen MR) is 200 cm³/mol. The average molecular weight is 800 g/mol. The summed E-state index contributed by atoms with van der Waals surface area (Å²) >= 11 is 0. The smallest absolute Gasteiger partial charge is 0.416 e. The van der Waals surface area contributed by atoms with Crippen molar-refractivity contribution in [2.45, 2.75) is 49.9 Å². The van der Waals surface area contributed by atoms with Gasteiger partial charge in [0.2, 0.25) is 11.8 Å². The first-order chi connectivity index (χ1) is 27.5. The van der Waals surface area contributed by atoms with E-state index in [1.807, 2.05) is 6.92 Å². The summed E-state index contributed by atoms with van der Waals surface area (Å²) in [5.41, 5.74) is -0.101. The quantitative estimate of drug-likeness (QED) is 0.110. The van der Waals surface area contributed by atoms with Gasteiger partial charge in [-0.05, 0) is 73.6 Å². The number of benzene rings is 4. The van der Waals surface area contributed by atoms with E-state index in [0.29, 0.717) is 39.4 Å². The fraction of sp³-hybridized carbons (Fsp3) is 0.273. The Labute approximate surface area is 328 Å². The maximum absolute atomic E-state index is 15.3. The van der Waals surface area contributed by atoms with Crippen molar-refractivity contribution in [1.29, 1.82) is 0 Å². The molecule has 1 saturated carbocycles. The molecule has 298 valence electrons. The molecule has 6 atom stereocenters. The van der Waals surface area contributed by atoms with Gasteiger partial charge in [-0.3, -0.25) is 24.6 Å². The lowest BCUT2D eigenvalue weighted by Gasteiger charge is -2.50.